The third-order valence-corrected chi connectivity index (χ3v) is 3.52. The molecular formula is C14H18N2O3S. The molecule has 0 saturated carbocycles. The molecule has 0 spiro atoms. The Morgan fingerprint density at radius 1 is 1.45 bits per heavy atom. The fourth-order valence-corrected chi connectivity index (χ4v) is 2.38. The van der Waals surface area contributed by atoms with Crippen molar-refractivity contribution in [2.45, 2.75) is 26.2 Å². The molecule has 108 valence electrons. The fourth-order valence-electron chi connectivity index (χ4n) is 1.68. The van der Waals surface area contributed by atoms with E-state index in [4.69, 9.17) is 10.00 Å². The van der Waals surface area contributed by atoms with Gasteiger partial charge in [-0.3, -0.25) is 9.59 Å². The van der Waals surface area contributed by atoms with Crippen LogP contribution in [-0.4, -0.2) is 36.5 Å². The highest BCUT2D eigenvalue weighted by atomic mass is 32.1. The number of ether oxygens (including phenoxy) is 1. The minimum absolute atomic E-state index is 0.0630. The lowest BCUT2D eigenvalue weighted by molar-refractivity contribution is -0.144. The molecule has 1 heterocycles. The van der Waals surface area contributed by atoms with Gasteiger partial charge < -0.3 is 9.64 Å². The molecule has 0 fully saturated rings. The quantitative estimate of drug-likeness (QED) is 0.687. The highest BCUT2D eigenvalue weighted by Gasteiger charge is 2.16. The van der Waals surface area contributed by atoms with Crippen molar-refractivity contribution in [2.24, 2.45) is 0 Å². The number of nitrogens with zero attached hydrogens (tertiary/aromatic N) is 2. The molecule has 20 heavy (non-hydrogen) atoms. The molecule has 5 nitrogen and oxygen atoms in total. The second-order valence-corrected chi connectivity index (χ2v) is 5.13. The summed E-state index contributed by atoms with van der Waals surface area (Å²) in [7, 11) is 0. The Kier molecular flexibility index (Phi) is 7.36. The normalized spacial score (nSPS) is 9.80. The zero-order valence-electron chi connectivity index (χ0n) is 11.5. The smallest absolute Gasteiger partial charge is 0.307 e. The van der Waals surface area contributed by atoms with Crippen LogP contribution in [0.4, 0.5) is 0 Å². The van der Waals surface area contributed by atoms with Crippen molar-refractivity contribution in [1.82, 2.24) is 4.90 Å². The van der Waals surface area contributed by atoms with E-state index in [9.17, 15) is 9.59 Å². The highest BCUT2D eigenvalue weighted by molar-refractivity contribution is 7.10. The minimum Gasteiger partial charge on any atom is -0.466 e. The van der Waals surface area contributed by atoms with Crippen LogP contribution in [0.25, 0.3) is 0 Å². The number of nitriles is 1. The summed E-state index contributed by atoms with van der Waals surface area (Å²) < 4.78 is 4.84. The summed E-state index contributed by atoms with van der Waals surface area (Å²) in [6.45, 7) is 2.72. The number of carbonyl (C=O) groups is 2. The SMILES string of the molecule is CCOC(=O)CCN(CCC#N)C(=O)Cc1cccs1. The molecule has 0 saturated heterocycles. The van der Waals surface area contributed by atoms with Gasteiger partial charge in [0.25, 0.3) is 0 Å². The van der Waals surface area contributed by atoms with E-state index in [1.165, 1.54) is 11.3 Å². The van der Waals surface area contributed by atoms with Crippen LogP contribution >= 0.6 is 11.3 Å². The van der Waals surface area contributed by atoms with Crippen LogP contribution in [0.1, 0.15) is 24.6 Å². The predicted molar refractivity (Wildman–Crippen MR) is 76.1 cm³/mol. The molecule has 0 aromatic carbocycles. The molecular weight excluding hydrogens is 276 g/mol. The Balaban J connectivity index is 2.51. The molecule has 6 heteroatoms. The van der Waals surface area contributed by atoms with Gasteiger partial charge in [0.1, 0.15) is 0 Å². The number of esters is 1. The van der Waals surface area contributed by atoms with E-state index < -0.39 is 0 Å². The van der Waals surface area contributed by atoms with Crippen LogP contribution in [0, 0.1) is 11.3 Å². The molecule has 1 rings (SSSR count). The molecule has 1 amide bonds. The van der Waals surface area contributed by atoms with Crippen LogP contribution in [-0.2, 0) is 20.7 Å². The molecule has 0 atom stereocenters. The van der Waals surface area contributed by atoms with Gasteiger partial charge in [-0.1, -0.05) is 6.07 Å². The molecule has 0 N–H and O–H groups in total. The van der Waals surface area contributed by atoms with Gasteiger partial charge in [-0.25, -0.2) is 0 Å². The van der Waals surface area contributed by atoms with Gasteiger partial charge in [-0.05, 0) is 18.4 Å². The number of carbonyl (C=O) groups excluding carboxylic acids is 2. The van der Waals surface area contributed by atoms with Crippen LogP contribution in [0.3, 0.4) is 0 Å². The summed E-state index contributed by atoms with van der Waals surface area (Å²) in [4.78, 5) is 26.0. The van der Waals surface area contributed by atoms with Crippen LogP contribution in [0.5, 0.6) is 0 Å². The van der Waals surface area contributed by atoms with Gasteiger partial charge in [0.2, 0.25) is 5.91 Å². The van der Waals surface area contributed by atoms with E-state index in [-0.39, 0.29) is 24.7 Å². The maximum Gasteiger partial charge on any atom is 0.307 e. The van der Waals surface area contributed by atoms with Crippen molar-refractivity contribution in [3.8, 4) is 6.07 Å². The number of hydrogen-bond acceptors (Lipinski definition) is 5. The summed E-state index contributed by atoms with van der Waals surface area (Å²) in [5, 5.41) is 10.6. The summed E-state index contributed by atoms with van der Waals surface area (Å²) in [5.74, 6) is -0.384. The van der Waals surface area contributed by atoms with E-state index in [2.05, 4.69) is 0 Å². The second-order valence-electron chi connectivity index (χ2n) is 4.10. The maximum atomic E-state index is 12.2. The average molecular weight is 294 g/mol. The lowest BCUT2D eigenvalue weighted by Crippen LogP contribution is -2.35. The molecule has 0 unspecified atom stereocenters. The first-order valence-corrected chi connectivity index (χ1v) is 7.38. The fraction of sp³-hybridized carbons (Fsp3) is 0.500. The van der Waals surface area contributed by atoms with Crippen molar-refractivity contribution < 1.29 is 14.3 Å². The molecule has 1 aromatic heterocycles. The van der Waals surface area contributed by atoms with E-state index >= 15 is 0 Å². The first-order chi connectivity index (χ1) is 9.67. The monoisotopic (exact) mass is 294 g/mol. The Bertz CT molecular complexity index is 465. The average Bonchev–Trinajstić information content (AvgIpc) is 2.92. The van der Waals surface area contributed by atoms with E-state index in [1.807, 2.05) is 23.6 Å². The molecule has 0 aliphatic heterocycles. The Hall–Kier alpha value is -1.87. The Morgan fingerprint density at radius 3 is 2.85 bits per heavy atom. The molecule has 0 bridgehead atoms. The largest absolute Gasteiger partial charge is 0.466 e. The number of rotatable bonds is 8. The summed E-state index contributed by atoms with van der Waals surface area (Å²) in [6, 6.07) is 5.81. The van der Waals surface area contributed by atoms with E-state index in [0.29, 0.717) is 26.1 Å². The zero-order chi connectivity index (χ0) is 14.8. The van der Waals surface area contributed by atoms with Crippen molar-refractivity contribution in [1.29, 1.82) is 5.26 Å². The van der Waals surface area contributed by atoms with Crippen molar-refractivity contribution in [2.75, 3.05) is 19.7 Å². The first kappa shape index (κ1) is 16.2. The molecule has 0 radical (unpaired) electrons. The van der Waals surface area contributed by atoms with E-state index in [1.54, 1.807) is 11.8 Å². The van der Waals surface area contributed by atoms with Gasteiger partial charge in [0, 0.05) is 18.0 Å². The maximum absolute atomic E-state index is 12.2. The number of hydrogen-bond donors (Lipinski definition) is 0. The summed E-state index contributed by atoms with van der Waals surface area (Å²) in [5.41, 5.74) is 0. The number of thiophene rings is 1. The van der Waals surface area contributed by atoms with Crippen molar-refractivity contribution in [3.05, 3.63) is 22.4 Å². The van der Waals surface area contributed by atoms with Gasteiger partial charge in [-0.15, -0.1) is 11.3 Å². The standard InChI is InChI=1S/C14H18N2O3S/c1-2-19-14(18)6-9-16(8-4-7-15)13(17)11-12-5-3-10-20-12/h3,5,10H,2,4,6,8-9,11H2,1H3. The van der Waals surface area contributed by atoms with Gasteiger partial charge in [0.05, 0.1) is 31.9 Å². The third-order valence-electron chi connectivity index (χ3n) is 2.64. The first-order valence-electron chi connectivity index (χ1n) is 6.50. The number of amides is 1. The van der Waals surface area contributed by atoms with Gasteiger partial charge in [-0.2, -0.15) is 5.26 Å². The third kappa shape index (κ3) is 5.85. The van der Waals surface area contributed by atoms with Gasteiger partial charge in [0.15, 0.2) is 0 Å². The van der Waals surface area contributed by atoms with Crippen LogP contribution < -0.4 is 0 Å². The summed E-state index contributed by atoms with van der Waals surface area (Å²) >= 11 is 1.52. The highest BCUT2D eigenvalue weighted by Crippen LogP contribution is 2.11. The van der Waals surface area contributed by atoms with Crippen LogP contribution in [0.15, 0.2) is 17.5 Å². The topological polar surface area (TPSA) is 70.4 Å². The Labute approximate surface area is 122 Å². The Morgan fingerprint density at radius 2 is 2.25 bits per heavy atom. The lowest BCUT2D eigenvalue weighted by atomic mass is 10.2. The molecule has 1 aromatic rings. The van der Waals surface area contributed by atoms with E-state index in [0.717, 1.165) is 4.88 Å². The van der Waals surface area contributed by atoms with Crippen molar-refractivity contribution in [3.63, 3.8) is 0 Å². The second kappa shape index (κ2) is 9.10. The zero-order valence-corrected chi connectivity index (χ0v) is 12.3. The lowest BCUT2D eigenvalue weighted by Gasteiger charge is -2.20. The van der Waals surface area contributed by atoms with Crippen LogP contribution in [0.2, 0.25) is 0 Å². The summed E-state index contributed by atoms with van der Waals surface area (Å²) in [6.07, 6.45) is 0.736. The predicted octanol–water partition coefficient (Wildman–Crippen LogP) is 1.99. The molecule has 0 aliphatic carbocycles. The minimum atomic E-state index is -0.321. The van der Waals surface area contributed by atoms with Gasteiger partial charge >= 0.3 is 5.97 Å². The van der Waals surface area contributed by atoms with Crippen molar-refractivity contribution >= 4 is 23.2 Å². The molecule has 0 aliphatic rings.